The second-order valence-electron chi connectivity index (χ2n) is 5.01. The third kappa shape index (κ3) is 3.08. The number of aliphatic hydroxyl groups excluding tert-OH is 1. The molecule has 0 saturated carbocycles. The molecule has 0 aromatic heterocycles. The topological polar surface area (TPSA) is 77.0 Å². The van der Waals surface area contributed by atoms with E-state index in [1.165, 1.54) is 7.11 Å². The summed E-state index contributed by atoms with van der Waals surface area (Å²) in [6.07, 6.45) is 0. The fourth-order valence-electron chi connectivity index (χ4n) is 2.01. The smallest absolute Gasteiger partial charge is 0.253 e. The Morgan fingerprint density at radius 1 is 1.52 bits per heavy atom. The summed E-state index contributed by atoms with van der Waals surface area (Å²) in [5, 5.41) is 12.1. The van der Waals surface area contributed by atoms with E-state index in [4.69, 9.17) is 14.2 Å². The fraction of sp³-hybridized carbons (Fsp3) is 0.500. The number of hydrogen-bond donors (Lipinski definition) is 2. The lowest BCUT2D eigenvalue weighted by molar-refractivity contribution is 0.0895. The molecule has 1 atom stereocenters. The van der Waals surface area contributed by atoms with Gasteiger partial charge in [0.1, 0.15) is 0 Å². The minimum atomic E-state index is -0.319. The summed E-state index contributed by atoms with van der Waals surface area (Å²) in [5.41, 5.74) is 0.371. The Morgan fingerprint density at radius 3 is 2.81 bits per heavy atom. The molecular weight excluding hydrogens is 342 g/mol. The monoisotopic (exact) mass is 359 g/mol. The first-order chi connectivity index (χ1) is 9.99. The Labute approximate surface area is 131 Å². The average molecular weight is 360 g/mol. The van der Waals surface area contributed by atoms with Crippen molar-refractivity contribution < 1.29 is 24.1 Å². The van der Waals surface area contributed by atoms with Crippen LogP contribution in [0.25, 0.3) is 0 Å². The number of ether oxygens (including phenoxy) is 3. The van der Waals surface area contributed by atoms with Crippen LogP contribution in [0.15, 0.2) is 10.5 Å². The molecule has 21 heavy (non-hydrogen) atoms. The lowest BCUT2D eigenvalue weighted by Gasteiger charge is -2.20. The number of carbonyl (C=O) groups excluding carboxylic acids is 1. The summed E-state index contributed by atoms with van der Waals surface area (Å²) < 4.78 is 16.4. The van der Waals surface area contributed by atoms with Crippen LogP contribution in [0.2, 0.25) is 0 Å². The highest BCUT2D eigenvalue weighted by Crippen LogP contribution is 2.47. The van der Waals surface area contributed by atoms with Crippen LogP contribution in [0.5, 0.6) is 17.2 Å². The van der Waals surface area contributed by atoms with Crippen molar-refractivity contribution in [1.29, 1.82) is 0 Å². The van der Waals surface area contributed by atoms with Gasteiger partial charge in [-0.15, -0.1) is 0 Å². The maximum absolute atomic E-state index is 12.4. The zero-order valence-corrected chi connectivity index (χ0v) is 13.7. The van der Waals surface area contributed by atoms with Crippen LogP contribution in [0.1, 0.15) is 24.2 Å². The number of methoxy groups -OCH3 is 1. The molecule has 1 amide bonds. The summed E-state index contributed by atoms with van der Waals surface area (Å²) >= 11 is 3.36. The van der Waals surface area contributed by atoms with E-state index in [0.717, 1.165) is 0 Å². The van der Waals surface area contributed by atoms with Crippen molar-refractivity contribution in [2.45, 2.75) is 19.9 Å². The summed E-state index contributed by atoms with van der Waals surface area (Å²) in [5.74, 6) is 1.16. The van der Waals surface area contributed by atoms with Gasteiger partial charge in [-0.2, -0.15) is 0 Å². The van der Waals surface area contributed by atoms with E-state index in [-0.39, 0.29) is 31.3 Å². The molecule has 1 aromatic rings. The molecule has 0 aliphatic carbocycles. The highest BCUT2D eigenvalue weighted by Gasteiger charge is 2.27. The number of aliphatic hydroxyl groups is 1. The van der Waals surface area contributed by atoms with Crippen molar-refractivity contribution in [2.24, 2.45) is 5.92 Å². The molecule has 1 aliphatic heterocycles. The largest absolute Gasteiger partial charge is 0.492 e. The van der Waals surface area contributed by atoms with Gasteiger partial charge in [0, 0.05) is 0 Å². The molecule has 0 unspecified atom stereocenters. The molecule has 2 rings (SSSR count). The van der Waals surface area contributed by atoms with Crippen LogP contribution >= 0.6 is 15.9 Å². The average Bonchev–Trinajstić information content (AvgIpc) is 2.91. The van der Waals surface area contributed by atoms with Gasteiger partial charge < -0.3 is 24.6 Å². The van der Waals surface area contributed by atoms with Gasteiger partial charge in [0.15, 0.2) is 11.5 Å². The minimum absolute atomic E-state index is 0.0917. The molecule has 1 aliphatic rings. The number of carbonyl (C=O) groups is 1. The lowest BCUT2D eigenvalue weighted by atomic mass is 10.0. The molecular formula is C14H18BrNO5. The number of rotatable bonds is 5. The number of benzene rings is 1. The van der Waals surface area contributed by atoms with E-state index < -0.39 is 0 Å². The van der Waals surface area contributed by atoms with Gasteiger partial charge in [-0.3, -0.25) is 4.79 Å². The maximum Gasteiger partial charge on any atom is 0.253 e. The van der Waals surface area contributed by atoms with Crippen molar-refractivity contribution in [2.75, 3.05) is 20.5 Å². The number of nitrogens with one attached hydrogen (secondary N) is 1. The Morgan fingerprint density at radius 2 is 2.24 bits per heavy atom. The molecule has 7 heteroatoms. The van der Waals surface area contributed by atoms with Crippen molar-refractivity contribution in [3.8, 4) is 17.2 Å². The maximum atomic E-state index is 12.4. The number of fused-ring (bicyclic) bond motifs is 1. The predicted octanol–water partition coefficient (Wildman–Crippen LogP) is 1.93. The fourth-order valence-corrected chi connectivity index (χ4v) is 2.64. The van der Waals surface area contributed by atoms with E-state index in [0.29, 0.717) is 27.3 Å². The molecule has 2 N–H and O–H groups in total. The third-order valence-electron chi connectivity index (χ3n) is 3.33. The van der Waals surface area contributed by atoms with Gasteiger partial charge in [-0.05, 0) is 27.9 Å². The molecule has 1 heterocycles. The van der Waals surface area contributed by atoms with Gasteiger partial charge in [-0.1, -0.05) is 13.8 Å². The summed E-state index contributed by atoms with van der Waals surface area (Å²) in [6, 6.07) is 1.28. The number of amides is 1. The van der Waals surface area contributed by atoms with E-state index in [1.807, 2.05) is 13.8 Å². The minimum Gasteiger partial charge on any atom is -0.492 e. The van der Waals surface area contributed by atoms with Crippen molar-refractivity contribution >= 4 is 21.8 Å². The molecule has 0 spiro atoms. The first-order valence-electron chi connectivity index (χ1n) is 6.57. The highest BCUT2D eigenvalue weighted by atomic mass is 79.9. The standard InChI is InChI=1S/C14H18BrNO5/c1-7(2)9(5-17)16-14(18)8-4-10-12(21-6-20-10)13(19-3)11(8)15/h4,7,9,17H,5-6H2,1-3H3,(H,16,18)/t9-/m1/s1. The van der Waals surface area contributed by atoms with E-state index in [1.54, 1.807) is 6.07 Å². The van der Waals surface area contributed by atoms with Gasteiger partial charge in [-0.25, -0.2) is 0 Å². The summed E-state index contributed by atoms with van der Waals surface area (Å²) in [4.78, 5) is 12.4. The van der Waals surface area contributed by atoms with Crippen molar-refractivity contribution in [1.82, 2.24) is 5.32 Å². The highest BCUT2D eigenvalue weighted by molar-refractivity contribution is 9.10. The van der Waals surface area contributed by atoms with Crippen LogP contribution in [0.4, 0.5) is 0 Å². The normalized spacial score (nSPS) is 14.2. The zero-order valence-electron chi connectivity index (χ0n) is 12.1. The van der Waals surface area contributed by atoms with Gasteiger partial charge in [0.2, 0.25) is 12.5 Å². The molecule has 0 radical (unpaired) electrons. The molecule has 0 saturated heterocycles. The van der Waals surface area contributed by atoms with Gasteiger partial charge >= 0.3 is 0 Å². The Bertz CT molecular complexity index is 547. The summed E-state index contributed by atoms with van der Waals surface area (Å²) in [7, 11) is 1.49. The van der Waals surface area contributed by atoms with Crippen LogP contribution in [0.3, 0.4) is 0 Å². The molecule has 6 nitrogen and oxygen atoms in total. The number of halogens is 1. The van der Waals surface area contributed by atoms with Crippen LogP contribution < -0.4 is 19.5 Å². The van der Waals surface area contributed by atoms with Crippen LogP contribution in [0, 0.1) is 5.92 Å². The second kappa shape index (κ2) is 6.53. The molecule has 1 aromatic carbocycles. The van der Waals surface area contributed by atoms with E-state index >= 15 is 0 Å². The van der Waals surface area contributed by atoms with Crippen molar-refractivity contribution in [3.05, 3.63) is 16.1 Å². The lowest BCUT2D eigenvalue weighted by Crippen LogP contribution is -2.41. The predicted molar refractivity (Wildman–Crippen MR) is 80.0 cm³/mol. The van der Waals surface area contributed by atoms with E-state index in [2.05, 4.69) is 21.2 Å². The second-order valence-corrected chi connectivity index (χ2v) is 5.80. The zero-order chi connectivity index (χ0) is 15.6. The number of hydrogen-bond acceptors (Lipinski definition) is 5. The van der Waals surface area contributed by atoms with Gasteiger partial charge in [0.25, 0.3) is 5.91 Å². The molecule has 0 fully saturated rings. The Kier molecular flexibility index (Phi) is 4.95. The quantitative estimate of drug-likeness (QED) is 0.839. The van der Waals surface area contributed by atoms with Crippen LogP contribution in [-0.2, 0) is 0 Å². The van der Waals surface area contributed by atoms with Crippen molar-refractivity contribution in [3.63, 3.8) is 0 Å². The summed E-state index contributed by atoms with van der Waals surface area (Å²) in [6.45, 7) is 3.82. The van der Waals surface area contributed by atoms with Gasteiger partial charge in [0.05, 0.1) is 29.8 Å². The first-order valence-corrected chi connectivity index (χ1v) is 7.36. The Balaban J connectivity index is 2.34. The van der Waals surface area contributed by atoms with E-state index in [9.17, 15) is 9.90 Å². The van der Waals surface area contributed by atoms with Crippen LogP contribution in [-0.4, -0.2) is 37.6 Å². The Hall–Kier alpha value is -1.47. The SMILES string of the molecule is COc1c(Br)c(C(=O)N[C@H](CO)C(C)C)cc2c1OCO2. The first kappa shape index (κ1) is 15.9. The third-order valence-corrected chi connectivity index (χ3v) is 4.11. The molecule has 116 valence electrons. The molecule has 0 bridgehead atoms.